The minimum absolute atomic E-state index is 0.132. The van der Waals surface area contributed by atoms with Crippen molar-refractivity contribution in [1.29, 1.82) is 0 Å². The Morgan fingerprint density at radius 2 is 1.04 bits per heavy atom. The lowest BCUT2D eigenvalue weighted by Crippen LogP contribution is -2.29. The molecule has 2 N–H and O–H groups in total. The van der Waals surface area contributed by atoms with E-state index in [0.29, 0.717) is 19.3 Å². The van der Waals surface area contributed by atoms with Crippen LogP contribution in [-0.4, -0.2) is 41.0 Å². The Morgan fingerprint density at radius 1 is 0.587 bits per heavy atom. The smallest absolute Gasteiger partial charge is 0.462 e. The van der Waals surface area contributed by atoms with E-state index in [2.05, 4.69) is 67.0 Å². The third-order valence-corrected chi connectivity index (χ3v) is 7.54. The summed E-state index contributed by atoms with van der Waals surface area (Å²) in [6, 6.07) is 0. The molecule has 0 aromatic heterocycles. The number of rotatable bonds is 31. The average molecular weight is 667 g/mol. The maximum absolute atomic E-state index is 12.3. The van der Waals surface area contributed by atoms with Crippen LogP contribution in [-0.2, 0) is 28.2 Å². The van der Waals surface area contributed by atoms with Crippen LogP contribution in [0, 0.1) is 0 Å². The molecule has 0 aromatic carbocycles. The van der Waals surface area contributed by atoms with E-state index in [-0.39, 0.29) is 19.4 Å². The first-order valence-electron chi connectivity index (χ1n) is 17.6. The van der Waals surface area contributed by atoms with Crippen LogP contribution in [0.3, 0.4) is 0 Å². The molecule has 9 heteroatoms. The third-order valence-electron chi connectivity index (χ3n) is 7.05. The van der Waals surface area contributed by atoms with Crippen LogP contribution >= 0.6 is 7.82 Å². The van der Waals surface area contributed by atoms with E-state index in [1.165, 1.54) is 51.4 Å². The lowest BCUT2D eigenvalue weighted by atomic mass is 10.1. The molecule has 1 atom stereocenters. The zero-order chi connectivity index (χ0) is 34.0. The highest BCUT2D eigenvalue weighted by molar-refractivity contribution is 7.46. The van der Waals surface area contributed by atoms with E-state index >= 15 is 0 Å². The average Bonchev–Trinajstić information content (AvgIpc) is 3.02. The van der Waals surface area contributed by atoms with Crippen LogP contribution in [0.5, 0.6) is 0 Å². The first-order valence-corrected chi connectivity index (χ1v) is 19.1. The van der Waals surface area contributed by atoms with Crippen LogP contribution in [0.2, 0.25) is 0 Å². The van der Waals surface area contributed by atoms with Gasteiger partial charge in [-0.2, -0.15) is 0 Å². The summed E-state index contributed by atoms with van der Waals surface area (Å²) in [5.74, 6) is -0.959. The first-order chi connectivity index (χ1) is 22.3. The molecule has 0 saturated carbocycles. The first kappa shape index (κ1) is 43.8. The summed E-state index contributed by atoms with van der Waals surface area (Å²) in [6.45, 7) is 3.49. The number of unbranched alkanes of at least 4 members (excludes halogenated alkanes) is 11. The van der Waals surface area contributed by atoms with E-state index in [9.17, 15) is 14.2 Å². The molecular weight excluding hydrogens is 603 g/mol. The molecule has 0 aliphatic heterocycles. The quantitative estimate of drug-likeness (QED) is 0.0325. The molecule has 0 heterocycles. The van der Waals surface area contributed by atoms with Crippen LogP contribution in [0.1, 0.15) is 142 Å². The van der Waals surface area contributed by atoms with Crippen LogP contribution in [0.4, 0.5) is 0 Å². The number of carbonyl (C=O) groups is 2. The van der Waals surface area contributed by atoms with Gasteiger partial charge in [0.15, 0.2) is 6.10 Å². The van der Waals surface area contributed by atoms with Crippen molar-refractivity contribution in [3.63, 3.8) is 0 Å². The Morgan fingerprint density at radius 3 is 1.54 bits per heavy atom. The molecule has 0 radical (unpaired) electrons. The monoisotopic (exact) mass is 666 g/mol. The van der Waals surface area contributed by atoms with Crippen molar-refractivity contribution >= 4 is 19.8 Å². The Kier molecular flexibility index (Phi) is 31.1. The standard InChI is InChI=1S/C37H63O8P/c1-3-5-7-9-11-13-15-16-17-18-19-20-22-24-26-28-30-32-37(39)45-35(34-44-46(40,41)42)33-43-36(38)31-29-27-25-23-21-14-12-10-8-6-4-2/h5,7,11,13,16-17,19-20,24,26,35H,3-4,6,8-10,12,14-15,18,21-23,25,27-34H2,1-2H3,(H2,40,41,42)/b7-5-,13-11-,17-16-,20-19-,26-24-/t35-/m1/s1. The van der Waals surface area contributed by atoms with Crippen LogP contribution in [0.15, 0.2) is 60.8 Å². The van der Waals surface area contributed by atoms with Gasteiger partial charge in [0.25, 0.3) is 0 Å². The molecule has 0 fully saturated rings. The molecule has 0 amide bonds. The number of ether oxygens (including phenoxy) is 2. The maximum Gasteiger partial charge on any atom is 0.469 e. The molecule has 0 spiro atoms. The molecule has 0 rings (SSSR count). The number of phosphoric ester groups is 1. The van der Waals surface area contributed by atoms with Crippen molar-refractivity contribution in [2.24, 2.45) is 0 Å². The molecule has 0 unspecified atom stereocenters. The van der Waals surface area contributed by atoms with Gasteiger partial charge in [-0.25, -0.2) is 4.57 Å². The predicted octanol–water partition coefficient (Wildman–Crippen LogP) is 10.2. The topological polar surface area (TPSA) is 119 Å². The zero-order valence-corrected chi connectivity index (χ0v) is 29.6. The van der Waals surface area contributed by atoms with Gasteiger partial charge in [0.2, 0.25) is 0 Å². The predicted molar refractivity (Wildman–Crippen MR) is 188 cm³/mol. The number of esters is 2. The Bertz CT molecular complexity index is 932. The summed E-state index contributed by atoms with van der Waals surface area (Å²) in [5.41, 5.74) is 0. The van der Waals surface area contributed by atoms with Crippen molar-refractivity contribution < 1.29 is 37.9 Å². The van der Waals surface area contributed by atoms with Crippen molar-refractivity contribution in [1.82, 2.24) is 0 Å². The molecular formula is C37H63O8P. The molecule has 0 aliphatic carbocycles. The Labute approximate surface area is 279 Å². The van der Waals surface area contributed by atoms with Gasteiger partial charge >= 0.3 is 19.8 Å². The number of carbonyl (C=O) groups excluding carboxylic acids is 2. The zero-order valence-electron chi connectivity index (χ0n) is 28.7. The van der Waals surface area contributed by atoms with Gasteiger partial charge in [0.05, 0.1) is 6.61 Å². The highest BCUT2D eigenvalue weighted by Crippen LogP contribution is 2.35. The summed E-state index contributed by atoms with van der Waals surface area (Å²) in [5, 5.41) is 0. The highest BCUT2D eigenvalue weighted by atomic mass is 31.2. The van der Waals surface area contributed by atoms with Crippen LogP contribution in [0.25, 0.3) is 0 Å². The van der Waals surface area contributed by atoms with Crippen molar-refractivity contribution in [2.75, 3.05) is 13.2 Å². The lowest BCUT2D eigenvalue weighted by Gasteiger charge is -2.18. The molecule has 0 aliphatic rings. The fraction of sp³-hybridized carbons (Fsp3) is 0.676. The molecule has 0 saturated heterocycles. The molecule has 46 heavy (non-hydrogen) atoms. The fourth-order valence-corrected chi connectivity index (χ4v) is 4.83. The van der Waals surface area contributed by atoms with Gasteiger partial charge in [-0.1, -0.05) is 139 Å². The molecule has 8 nitrogen and oxygen atoms in total. The number of hydrogen-bond acceptors (Lipinski definition) is 6. The van der Waals surface area contributed by atoms with E-state index in [1.54, 1.807) is 0 Å². The van der Waals surface area contributed by atoms with Crippen LogP contribution < -0.4 is 0 Å². The summed E-state index contributed by atoms with van der Waals surface area (Å²) >= 11 is 0. The summed E-state index contributed by atoms with van der Waals surface area (Å²) in [4.78, 5) is 42.5. The van der Waals surface area contributed by atoms with Crippen molar-refractivity contribution in [2.45, 2.75) is 148 Å². The van der Waals surface area contributed by atoms with Gasteiger partial charge < -0.3 is 19.3 Å². The van der Waals surface area contributed by atoms with Gasteiger partial charge in [-0.3, -0.25) is 14.1 Å². The molecule has 264 valence electrons. The van der Waals surface area contributed by atoms with Crippen molar-refractivity contribution in [3.8, 4) is 0 Å². The molecule has 0 bridgehead atoms. The van der Waals surface area contributed by atoms with Gasteiger partial charge in [0, 0.05) is 12.8 Å². The number of allylic oxidation sites excluding steroid dienone is 10. The lowest BCUT2D eigenvalue weighted by molar-refractivity contribution is -0.161. The SMILES string of the molecule is CC/C=C\C/C=C\C/C=C\C/C=C\C/C=C\CCCC(=O)O[C@H](COC(=O)CCCCCCCCCCCCC)COP(=O)(O)O. The second-order valence-corrected chi connectivity index (χ2v) is 12.7. The molecule has 0 aromatic rings. The van der Waals surface area contributed by atoms with E-state index in [1.807, 2.05) is 12.2 Å². The Hall–Kier alpha value is -2.25. The summed E-state index contributed by atoms with van der Waals surface area (Å²) in [7, 11) is -4.76. The summed E-state index contributed by atoms with van der Waals surface area (Å²) < 4.78 is 26.2. The normalized spacial score (nSPS) is 13.2. The fourth-order valence-electron chi connectivity index (χ4n) is 4.47. The van der Waals surface area contributed by atoms with E-state index in [0.717, 1.165) is 44.9 Å². The minimum atomic E-state index is -4.76. The van der Waals surface area contributed by atoms with Gasteiger partial charge in [0.1, 0.15) is 6.61 Å². The minimum Gasteiger partial charge on any atom is -0.462 e. The van der Waals surface area contributed by atoms with Gasteiger partial charge in [-0.05, 0) is 51.4 Å². The second kappa shape index (κ2) is 32.7. The summed E-state index contributed by atoms with van der Waals surface area (Å²) in [6.07, 6.45) is 39.5. The van der Waals surface area contributed by atoms with Gasteiger partial charge in [-0.15, -0.1) is 0 Å². The number of hydrogen-bond donors (Lipinski definition) is 2. The second-order valence-electron chi connectivity index (χ2n) is 11.5. The largest absolute Gasteiger partial charge is 0.469 e. The maximum atomic E-state index is 12.3. The van der Waals surface area contributed by atoms with E-state index in [4.69, 9.17) is 19.3 Å². The van der Waals surface area contributed by atoms with E-state index < -0.39 is 32.5 Å². The van der Waals surface area contributed by atoms with Crippen molar-refractivity contribution in [3.05, 3.63) is 60.8 Å². The third kappa shape index (κ3) is 34.6. The Balaban J connectivity index is 4.13. The highest BCUT2D eigenvalue weighted by Gasteiger charge is 2.22. The number of phosphoric acid groups is 1.